The van der Waals surface area contributed by atoms with Crippen molar-refractivity contribution in [2.24, 2.45) is 5.16 Å². The second-order valence-electron chi connectivity index (χ2n) is 4.74. The summed E-state index contributed by atoms with van der Waals surface area (Å²) in [6.07, 6.45) is 1.25. The van der Waals surface area contributed by atoms with Gasteiger partial charge in [-0.15, -0.1) is 0 Å². The van der Waals surface area contributed by atoms with Crippen LogP contribution in [0.1, 0.15) is 37.5 Å². The molecule has 0 bridgehead atoms. The monoisotopic (exact) mass is 207 g/mol. The van der Waals surface area contributed by atoms with E-state index in [9.17, 15) is 5.11 Å². The standard InChI is InChI=1S/C12H17NO2/c1-8-5-9(7-13-15)11(14)10(6-8)12(2,3)4/h5-7,14-15H,1-4H3. The lowest BCUT2D eigenvalue weighted by Crippen LogP contribution is -2.12. The number of oxime groups is 1. The minimum Gasteiger partial charge on any atom is -0.507 e. The second kappa shape index (κ2) is 3.93. The Morgan fingerprint density at radius 2 is 1.87 bits per heavy atom. The third kappa shape index (κ3) is 2.49. The molecule has 3 nitrogen and oxygen atoms in total. The molecule has 3 heteroatoms. The molecule has 0 atom stereocenters. The zero-order valence-corrected chi connectivity index (χ0v) is 9.57. The average Bonchev–Trinajstić information content (AvgIpc) is 2.09. The quantitative estimate of drug-likeness (QED) is 0.422. The largest absolute Gasteiger partial charge is 0.507 e. The lowest BCUT2D eigenvalue weighted by Gasteiger charge is -2.22. The molecule has 0 radical (unpaired) electrons. The van der Waals surface area contributed by atoms with Gasteiger partial charge in [-0.25, -0.2) is 0 Å². The molecule has 0 heterocycles. The fraction of sp³-hybridized carbons (Fsp3) is 0.417. The smallest absolute Gasteiger partial charge is 0.128 e. The first kappa shape index (κ1) is 11.6. The Morgan fingerprint density at radius 3 is 2.33 bits per heavy atom. The molecule has 15 heavy (non-hydrogen) atoms. The highest BCUT2D eigenvalue weighted by atomic mass is 16.4. The highest BCUT2D eigenvalue weighted by Gasteiger charge is 2.20. The molecule has 0 saturated heterocycles. The first-order chi connectivity index (χ1) is 6.86. The number of benzene rings is 1. The van der Waals surface area contributed by atoms with E-state index in [1.54, 1.807) is 6.07 Å². The van der Waals surface area contributed by atoms with Crippen LogP contribution < -0.4 is 0 Å². The summed E-state index contributed by atoms with van der Waals surface area (Å²) in [5, 5.41) is 21.4. The molecule has 0 unspecified atom stereocenters. The van der Waals surface area contributed by atoms with E-state index in [1.807, 2.05) is 33.8 Å². The maximum absolute atomic E-state index is 9.98. The number of nitrogens with zero attached hydrogens (tertiary/aromatic N) is 1. The molecule has 0 aromatic heterocycles. The predicted molar refractivity (Wildman–Crippen MR) is 60.9 cm³/mol. The minimum absolute atomic E-state index is 0.131. The Hall–Kier alpha value is -1.51. The van der Waals surface area contributed by atoms with E-state index in [1.165, 1.54) is 6.21 Å². The Bertz CT molecular complexity index is 389. The van der Waals surface area contributed by atoms with Crippen molar-refractivity contribution in [1.82, 2.24) is 0 Å². The third-order valence-corrected chi connectivity index (χ3v) is 2.29. The summed E-state index contributed by atoms with van der Waals surface area (Å²) in [4.78, 5) is 0. The number of aromatic hydroxyl groups is 1. The summed E-state index contributed by atoms with van der Waals surface area (Å²) in [5.41, 5.74) is 2.31. The first-order valence-electron chi connectivity index (χ1n) is 4.88. The van der Waals surface area contributed by atoms with Gasteiger partial charge in [0.15, 0.2) is 0 Å². The lowest BCUT2D eigenvalue weighted by molar-refractivity contribution is 0.321. The zero-order chi connectivity index (χ0) is 11.6. The van der Waals surface area contributed by atoms with E-state index in [0.717, 1.165) is 11.1 Å². The molecule has 1 aromatic carbocycles. The van der Waals surface area contributed by atoms with Crippen LogP contribution in [0.2, 0.25) is 0 Å². The zero-order valence-electron chi connectivity index (χ0n) is 9.57. The molecule has 82 valence electrons. The van der Waals surface area contributed by atoms with Gasteiger partial charge >= 0.3 is 0 Å². The summed E-state index contributed by atoms with van der Waals surface area (Å²) in [6.45, 7) is 8.04. The van der Waals surface area contributed by atoms with Crippen LogP contribution in [0.3, 0.4) is 0 Å². The van der Waals surface area contributed by atoms with Crippen LogP contribution in [0.5, 0.6) is 5.75 Å². The summed E-state index contributed by atoms with van der Waals surface area (Å²) in [6, 6.07) is 3.73. The summed E-state index contributed by atoms with van der Waals surface area (Å²) in [5.74, 6) is 0.186. The van der Waals surface area contributed by atoms with E-state index in [2.05, 4.69) is 5.16 Å². The van der Waals surface area contributed by atoms with Crippen LogP contribution in [0.15, 0.2) is 17.3 Å². The Morgan fingerprint density at radius 1 is 1.27 bits per heavy atom. The topological polar surface area (TPSA) is 52.8 Å². The highest BCUT2D eigenvalue weighted by molar-refractivity contribution is 5.84. The Kier molecular flexibility index (Phi) is 3.03. The number of hydrogen-bond acceptors (Lipinski definition) is 3. The maximum Gasteiger partial charge on any atom is 0.128 e. The molecule has 0 aliphatic rings. The van der Waals surface area contributed by atoms with Gasteiger partial charge in [0, 0.05) is 11.1 Å². The summed E-state index contributed by atoms with van der Waals surface area (Å²) in [7, 11) is 0. The molecule has 0 fully saturated rings. The molecular weight excluding hydrogens is 190 g/mol. The van der Waals surface area contributed by atoms with Gasteiger partial charge in [-0.2, -0.15) is 0 Å². The Labute approximate surface area is 90.1 Å². The number of phenols is 1. The van der Waals surface area contributed by atoms with Crippen LogP contribution in [0.4, 0.5) is 0 Å². The molecule has 1 aromatic rings. The van der Waals surface area contributed by atoms with Gasteiger partial charge in [-0.3, -0.25) is 0 Å². The van der Waals surface area contributed by atoms with Crippen molar-refractivity contribution in [3.05, 3.63) is 28.8 Å². The van der Waals surface area contributed by atoms with E-state index in [0.29, 0.717) is 5.56 Å². The van der Waals surface area contributed by atoms with Gasteiger partial charge in [-0.1, -0.05) is 32.0 Å². The van der Waals surface area contributed by atoms with E-state index in [-0.39, 0.29) is 11.2 Å². The Balaban J connectivity index is 3.41. The fourth-order valence-corrected chi connectivity index (χ4v) is 1.54. The van der Waals surface area contributed by atoms with Crippen molar-refractivity contribution in [3.63, 3.8) is 0 Å². The number of hydrogen-bond donors (Lipinski definition) is 2. The SMILES string of the molecule is Cc1cc(C=NO)c(O)c(C(C)(C)C)c1. The molecule has 0 aliphatic carbocycles. The van der Waals surface area contributed by atoms with E-state index >= 15 is 0 Å². The minimum atomic E-state index is -0.131. The number of phenolic OH excluding ortho intramolecular Hbond substituents is 1. The molecule has 0 saturated carbocycles. The number of rotatable bonds is 1. The molecule has 1 rings (SSSR count). The van der Waals surface area contributed by atoms with Crippen LogP contribution in [-0.2, 0) is 5.41 Å². The highest BCUT2D eigenvalue weighted by Crippen LogP contribution is 2.33. The van der Waals surface area contributed by atoms with Crippen molar-refractivity contribution in [3.8, 4) is 5.75 Å². The normalized spacial score (nSPS) is 12.3. The molecule has 0 spiro atoms. The van der Waals surface area contributed by atoms with E-state index < -0.39 is 0 Å². The van der Waals surface area contributed by atoms with E-state index in [4.69, 9.17) is 5.21 Å². The van der Waals surface area contributed by atoms with Crippen molar-refractivity contribution >= 4 is 6.21 Å². The molecule has 2 N–H and O–H groups in total. The van der Waals surface area contributed by atoms with Crippen LogP contribution >= 0.6 is 0 Å². The van der Waals surface area contributed by atoms with Gasteiger partial charge < -0.3 is 10.3 Å². The van der Waals surface area contributed by atoms with Crippen molar-refractivity contribution in [1.29, 1.82) is 0 Å². The van der Waals surface area contributed by atoms with Gasteiger partial charge in [-0.05, 0) is 24.0 Å². The van der Waals surface area contributed by atoms with Crippen LogP contribution in [0.25, 0.3) is 0 Å². The van der Waals surface area contributed by atoms with Crippen LogP contribution in [0, 0.1) is 6.92 Å². The van der Waals surface area contributed by atoms with Gasteiger partial charge in [0.05, 0.1) is 6.21 Å². The summed E-state index contributed by atoms with van der Waals surface area (Å²) < 4.78 is 0. The van der Waals surface area contributed by atoms with Gasteiger partial charge in [0.2, 0.25) is 0 Å². The molecule has 0 aliphatic heterocycles. The first-order valence-corrected chi connectivity index (χ1v) is 4.88. The predicted octanol–water partition coefficient (Wildman–Crippen LogP) is 2.81. The maximum atomic E-state index is 9.98. The third-order valence-electron chi connectivity index (χ3n) is 2.29. The van der Waals surface area contributed by atoms with Gasteiger partial charge in [0.1, 0.15) is 5.75 Å². The van der Waals surface area contributed by atoms with Crippen LogP contribution in [-0.4, -0.2) is 16.5 Å². The summed E-state index contributed by atoms with van der Waals surface area (Å²) >= 11 is 0. The fourth-order valence-electron chi connectivity index (χ4n) is 1.54. The van der Waals surface area contributed by atoms with Gasteiger partial charge in [0.25, 0.3) is 0 Å². The molecular formula is C12H17NO2. The molecule has 0 amide bonds. The lowest BCUT2D eigenvalue weighted by atomic mass is 9.84. The second-order valence-corrected chi connectivity index (χ2v) is 4.74. The van der Waals surface area contributed by atoms with Crippen molar-refractivity contribution in [2.45, 2.75) is 33.1 Å². The number of aryl methyl sites for hydroxylation is 1. The van der Waals surface area contributed by atoms with Crippen molar-refractivity contribution in [2.75, 3.05) is 0 Å². The average molecular weight is 207 g/mol. The van der Waals surface area contributed by atoms with Crippen molar-refractivity contribution < 1.29 is 10.3 Å².